The van der Waals surface area contributed by atoms with Crippen molar-refractivity contribution < 1.29 is 9.59 Å². The first-order valence-corrected chi connectivity index (χ1v) is 6.37. The van der Waals surface area contributed by atoms with E-state index in [9.17, 15) is 9.59 Å². The van der Waals surface area contributed by atoms with Crippen LogP contribution in [0, 0.1) is 23.2 Å². The highest BCUT2D eigenvalue weighted by atomic mass is 16.2. The minimum absolute atomic E-state index is 0.0388. The van der Waals surface area contributed by atoms with Crippen molar-refractivity contribution >= 4 is 11.8 Å². The summed E-state index contributed by atoms with van der Waals surface area (Å²) in [5.74, 6) is 1.06. The molecule has 96 valence electrons. The first-order valence-electron chi connectivity index (χ1n) is 6.37. The summed E-state index contributed by atoms with van der Waals surface area (Å²) in [5, 5.41) is 0. The lowest BCUT2D eigenvalue weighted by Gasteiger charge is -2.26. The van der Waals surface area contributed by atoms with Gasteiger partial charge in [0.25, 0.3) is 0 Å². The van der Waals surface area contributed by atoms with Gasteiger partial charge < -0.3 is 10.6 Å². The van der Waals surface area contributed by atoms with E-state index in [1.165, 1.54) is 0 Å². The van der Waals surface area contributed by atoms with E-state index in [1.807, 2.05) is 25.7 Å². The Morgan fingerprint density at radius 1 is 1.12 bits per heavy atom. The number of nitrogens with zero attached hydrogens (tertiary/aromatic N) is 1. The predicted molar refractivity (Wildman–Crippen MR) is 64.9 cm³/mol. The molecule has 4 nitrogen and oxygen atoms in total. The standard InChI is InChI=1S/C13H22N2O2/c1-13(2,3)12(17)15-6-9-4-8(11(14)16)5-10(9)7-15/h8-10H,4-7H2,1-3H3,(H2,14,16). The summed E-state index contributed by atoms with van der Waals surface area (Å²) in [6.07, 6.45) is 1.74. The molecule has 2 unspecified atom stereocenters. The molecule has 2 fully saturated rings. The van der Waals surface area contributed by atoms with Crippen LogP contribution in [0.3, 0.4) is 0 Å². The quantitative estimate of drug-likeness (QED) is 0.740. The molecule has 1 saturated carbocycles. The molecule has 1 saturated heterocycles. The number of hydrogen-bond acceptors (Lipinski definition) is 2. The minimum atomic E-state index is -0.304. The number of nitrogens with two attached hydrogens (primary N) is 1. The molecule has 0 aromatic rings. The zero-order valence-electron chi connectivity index (χ0n) is 10.9. The normalized spacial score (nSPS) is 32.6. The van der Waals surface area contributed by atoms with Crippen molar-refractivity contribution in [1.29, 1.82) is 0 Å². The highest BCUT2D eigenvalue weighted by Gasteiger charge is 2.45. The van der Waals surface area contributed by atoms with Crippen LogP contribution >= 0.6 is 0 Å². The first kappa shape index (κ1) is 12.4. The van der Waals surface area contributed by atoms with E-state index in [0.29, 0.717) is 11.8 Å². The van der Waals surface area contributed by atoms with Gasteiger partial charge in [-0.15, -0.1) is 0 Å². The molecule has 2 atom stereocenters. The topological polar surface area (TPSA) is 63.4 Å². The molecule has 2 rings (SSSR count). The zero-order chi connectivity index (χ0) is 12.8. The monoisotopic (exact) mass is 238 g/mol. The third-order valence-electron chi connectivity index (χ3n) is 4.08. The Morgan fingerprint density at radius 2 is 1.59 bits per heavy atom. The second-order valence-electron chi connectivity index (χ2n) is 6.55. The van der Waals surface area contributed by atoms with Crippen LogP contribution < -0.4 is 5.73 Å². The van der Waals surface area contributed by atoms with E-state index in [1.54, 1.807) is 0 Å². The summed E-state index contributed by atoms with van der Waals surface area (Å²) in [7, 11) is 0. The van der Waals surface area contributed by atoms with E-state index in [-0.39, 0.29) is 23.1 Å². The van der Waals surface area contributed by atoms with Crippen molar-refractivity contribution in [3.63, 3.8) is 0 Å². The molecule has 2 amide bonds. The fraction of sp³-hybridized carbons (Fsp3) is 0.846. The number of primary amides is 1. The van der Waals surface area contributed by atoms with Crippen LogP contribution in [0.1, 0.15) is 33.6 Å². The highest BCUT2D eigenvalue weighted by molar-refractivity contribution is 5.82. The number of rotatable bonds is 1. The zero-order valence-corrected chi connectivity index (χ0v) is 10.9. The number of hydrogen-bond donors (Lipinski definition) is 1. The lowest BCUT2D eigenvalue weighted by molar-refractivity contribution is -0.138. The van der Waals surface area contributed by atoms with Crippen LogP contribution in [0.4, 0.5) is 0 Å². The highest BCUT2D eigenvalue weighted by Crippen LogP contribution is 2.42. The summed E-state index contributed by atoms with van der Waals surface area (Å²) in [4.78, 5) is 25.3. The Kier molecular flexibility index (Phi) is 2.92. The van der Waals surface area contributed by atoms with Crippen molar-refractivity contribution in [2.24, 2.45) is 28.9 Å². The molecule has 1 aliphatic carbocycles. The summed E-state index contributed by atoms with van der Waals surface area (Å²) >= 11 is 0. The molecule has 0 radical (unpaired) electrons. The lowest BCUT2D eigenvalue weighted by atomic mass is 9.94. The lowest BCUT2D eigenvalue weighted by Crippen LogP contribution is -2.38. The van der Waals surface area contributed by atoms with Crippen molar-refractivity contribution in [2.75, 3.05) is 13.1 Å². The largest absolute Gasteiger partial charge is 0.369 e. The van der Waals surface area contributed by atoms with E-state index < -0.39 is 0 Å². The average molecular weight is 238 g/mol. The SMILES string of the molecule is CC(C)(C)C(=O)N1CC2CC(C(N)=O)CC2C1. The maximum absolute atomic E-state index is 12.1. The first-order chi connectivity index (χ1) is 7.79. The van der Waals surface area contributed by atoms with Crippen LogP contribution in [0.15, 0.2) is 0 Å². The van der Waals surface area contributed by atoms with Crippen LogP contribution in [-0.2, 0) is 9.59 Å². The maximum Gasteiger partial charge on any atom is 0.227 e. The fourth-order valence-electron chi connectivity index (χ4n) is 3.17. The number of carbonyl (C=O) groups is 2. The van der Waals surface area contributed by atoms with E-state index in [2.05, 4.69) is 0 Å². The van der Waals surface area contributed by atoms with E-state index >= 15 is 0 Å². The average Bonchev–Trinajstić information content (AvgIpc) is 2.70. The van der Waals surface area contributed by atoms with E-state index in [4.69, 9.17) is 5.73 Å². The third kappa shape index (κ3) is 2.31. The van der Waals surface area contributed by atoms with Gasteiger partial charge in [-0.05, 0) is 24.7 Å². The van der Waals surface area contributed by atoms with Crippen LogP contribution in [-0.4, -0.2) is 29.8 Å². The van der Waals surface area contributed by atoms with Crippen LogP contribution in [0.5, 0.6) is 0 Å². The number of amides is 2. The number of fused-ring (bicyclic) bond motifs is 1. The molecule has 0 aromatic carbocycles. The second-order valence-corrected chi connectivity index (χ2v) is 6.55. The molecular formula is C13H22N2O2. The smallest absolute Gasteiger partial charge is 0.227 e. The van der Waals surface area contributed by atoms with Crippen molar-refractivity contribution in [3.8, 4) is 0 Å². The molecular weight excluding hydrogens is 216 g/mol. The Labute approximate surface area is 103 Å². The van der Waals surface area contributed by atoms with Gasteiger partial charge in [0.05, 0.1) is 0 Å². The molecule has 2 N–H and O–H groups in total. The molecule has 17 heavy (non-hydrogen) atoms. The van der Waals surface area contributed by atoms with Gasteiger partial charge in [-0.3, -0.25) is 9.59 Å². The Hall–Kier alpha value is -1.06. The predicted octanol–water partition coefficient (Wildman–Crippen LogP) is 1.00. The Balaban J connectivity index is 1.96. The molecule has 0 bridgehead atoms. The van der Waals surface area contributed by atoms with Gasteiger partial charge in [0.15, 0.2) is 0 Å². The van der Waals surface area contributed by atoms with Crippen molar-refractivity contribution in [3.05, 3.63) is 0 Å². The summed E-state index contributed by atoms with van der Waals surface area (Å²) in [6, 6.07) is 0. The van der Waals surface area contributed by atoms with Crippen molar-refractivity contribution in [1.82, 2.24) is 4.90 Å². The van der Waals surface area contributed by atoms with Crippen LogP contribution in [0.2, 0.25) is 0 Å². The van der Waals surface area contributed by atoms with Gasteiger partial charge in [0.2, 0.25) is 11.8 Å². The minimum Gasteiger partial charge on any atom is -0.369 e. The van der Waals surface area contributed by atoms with Gasteiger partial charge in [-0.2, -0.15) is 0 Å². The number of likely N-dealkylation sites (tertiary alicyclic amines) is 1. The summed E-state index contributed by atoms with van der Waals surface area (Å²) < 4.78 is 0. The Bertz CT molecular complexity index is 332. The maximum atomic E-state index is 12.1. The molecule has 4 heteroatoms. The van der Waals surface area contributed by atoms with Gasteiger partial charge >= 0.3 is 0 Å². The molecule has 1 heterocycles. The fourth-order valence-corrected chi connectivity index (χ4v) is 3.17. The molecule has 0 spiro atoms. The van der Waals surface area contributed by atoms with Gasteiger partial charge in [0.1, 0.15) is 0 Å². The van der Waals surface area contributed by atoms with Gasteiger partial charge in [0, 0.05) is 24.4 Å². The Morgan fingerprint density at radius 3 is 1.94 bits per heavy atom. The molecule has 1 aliphatic heterocycles. The number of carbonyl (C=O) groups excluding carboxylic acids is 2. The van der Waals surface area contributed by atoms with Gasteiger partial charge in [-0.1, -0.05) is 20.8 Å². The van der Waals surface area contributed by atoms with Gasteiger partial charge in [-0.25, -0.2) is 0 Å². The molecule has 0 aromatic heterocycles. The third-order valence-corrected chi connectivity index (χ3v) is 4.08. The van der Waals surface area contributed by atoms with Crippen LogP contribution in [0.25, 0.3) is 0 Å². The van der Waals surface area contributed by atoms with Crippen molar-refractivity contribution in [2.45, 2.75) is 33.6 Å². The second kappa shape index (κ2) is 4.00. The molecule has 2 aliphatic rings. The van der Waals surface area contributed by atoms with E-state index in [0.717, 1.165) is 25.9 Å². The summed E-state index contributed by atoms with van der Waals surface area (Å²) in [5.41, 5.74) is 5.04. The summed E-state index contributed by atoms with van der Waals surface area (Å²) in [6.45, 7) is 7.48.